The van der Waals surface area contributed by atoms with Crippen LogP contribution in [0.25, 0.3) is 0 Å². The predicted molar refractivity (Wildman–Crippen MR) is 137 cm³/mol. The van der Waals surface area contributed by atoms with Crippen molar-refractivity contribution >= 4 is 0 Å². The van der Waals surface area contributed by atoms with Crippen LogP contribution in [0.2, 0.25) is 0 Å². The summed E-state index contributed by atoms with van der Waals surface area (Å²) >= 11 is 0. The van der Waals surface area contributed by atoms with E-state index in [0.717, 1.165) is 12.8 Å². The summed E-state index contributed by atoms with van der Waals surface area (Å²) in [4.78, 5) is 0. The van der Waals surface area contributed by atoms with Crippen LogP contribution in [-0.2, 0) is 14.2 Å². The van der Waals surface area contributed by atoms with Crippen LogP contribution < -0.4 is 0 Å². The van der Waals surface area contributed by atoms with E-state index in [4.69, 9.17) is 14.2 Å². The molecule has 5 aliphatic carbocycles. The molecule has 0 aromatic heterocycles. The number of hydrogen-bond acceptors (Lipinski definition) is 5. The van der Waals surface area contributed by atoms with Crippen LogP contribution in [0.3, 0.4) is 0 Å². The lowest BCUT2D eigenvalue weighted by Gasteiger charge is -2.63. The number of methoxy groups -OCH3 is 1. The Morgan fingerprint density at radius 3 is 2.25 bits per heavy atom. The van der Waals surface area contributed by atoms with Crippen LogP contribution in [-0.4, -0.2) is 53.1 Å². The molecule has 2 bridgehead atoms. The molecule has 204 valence electrons. The first-order chi connectivity index (χ1) is 16.7. The third-order valence-corrected chi connectivity index (χ3v) is 14.4. The fraction of sp³-hybridized carbons (Fsp3) is 1.00. The molecule has 5 heteroatoms. The van der Waals surface area contributed by atoms with Crippen LogP contribution >= 0.6 is 0 Å². The summed E-state index contributed by atoms with van der Waals surface area (Å²) in [6, 6.07) is 0. The van der Waals surface area contributed by atoms with E-state index in [9.17, 15) is 10.2 Å². The Labute approximate surface area is 218 Å². The molecule has 0 aromatic rings. The van der Waals surface area contributed by atoms with E-state index in [1.54, 1.807) is 0 Å². The maximum atomic E-state index is 11.1. The maximum absolute atomic E-state index is 11.1. The van der Waals surface area contributed by atoms with Crippen LogP contribution in [0.4, 0.5) is 0 Å². The average Bonchev–Trinajstić information content (AvgIpc) is 3.28. The van der Waals surface area contributed by atoms with Crippen molar-refractivity contribution in [3.63, 3.8) is 0 Å². The van der Waals surface area contributed by atoms with Gasteiger partial charge in [0.25, 0.3) is 0 Å². The molecule has 7 unspecified atom stereocenters. The molecule has 13 atom stereocenters. The summed E-state index contributed by atoms with van der Waals surface area (Å²) in [7, 11) is 1.88. The number of fused-ring (bicyclic) bond motifs is 4. The van der Waals surface area contributed by atoms with Crippen molar-refractivity contribution in [2.24, 2.45) is 50.7 Å². The van der Waals surface area contributed by atoms with E-state index < -0.39 is 11.4 Å². The smallest absolute Gasteiger partial charge is 0.199 e. The summed E-state index contributed by atoms with van der Waals surface area (Å²) in [6.45, 7) is 15.9. The zero-order chi connectivity index (χ0) is 25.9. The second-order valence-electron chi connectivity index (χ2n) is 16.1. The first-order valence-corrected chi connectivity index (χ1v) is 14.9. The fourth-order valence-corrected chi connectivity index (χ4v) is 13.1. The van der Waals surface area contributed by atoms with Crippen molar-refractivity contribution in [3.8, 4) is 0 Å². The van der Waals surface area contributed by atoms with Gasteiger partial charge in [0, 0.05) is 18.4 Å². The van der Waals surface area contributed by atoms with Crippen molar-refractivity contribution in [1.82, 2.24) is 0 Å². The van der Waals surface area contributed by atoms with Crippen LogP contribution in [0, 0.1) is 50.7 Å². The number of ether oxygens (including phenoxy) is 3. The second kappa shape index (κ2) is 6.74. The summed E-state index contributed by atoms with van der Waals surface area (Å²) in [5, 5.41) is 22.1. The zero-order valence-corrected chi connectivity index (χ0v) is 23.9. The molecule has 2 N–H and O–H groups in total. The lowest BCUT2D eigenvalue weighted by atomic mass is 9.41. The van der Waals surface area contributed by atoms with E-state index in [-0.39, 0.29) is 46.6 Å². The van der Waals surface area contributed by atoms with Gasteiger partial charge in [-0.1, -0.05) is 34.6 Å². The Bertz CT molecular complexity index is 973. The van der Waals surface area contributed by atoms with Gasteiger partial charge in [0.1, 0.15) is 12.2 Å². The summed E-state index contributed by atoms with van der Waals surface area (Å²) in [6.07, 6.45) is 8.58. The molecule has 5 nitrogen and oxygen atoms in total. The Balaban J connectivity index is 1.35. The molecule has 7 fully saturated rings. The van der Waals surface area contributed by atoms with E-state index in [0.29, 0.717) is 28.6 Å². The van der Waals surface area contributed by atoms with E-state index >= 15 is 0 Å². The quantitative estimate of drug-likeness (QED) is 0.535. The summed E-state index contributed by atoms with van der Waals surface area (Å²) in [5.74, 6) is 1.14. The Morgan fingerprint density at radius 1 is 0.917 bits per heavy atom. The van der Waals surface area contributed by atoms with Gasteiger partial charge < -0.3 is 24.4 Å². The Hall–Kier alpha value is -0.200. The van der Waals surface area contributed by atoms with Gasteiger partial charge >= 0.3 is 0 Å². The van der Waals surface area contributed by atoms with Gasteiger partial charge in [-0.15, -0.1) is 0 Å². The van der Waals surface area contributed by atoms with Gasteiger partial charge in [-0.2, -0.15) is 0 Å². The number of hydrogen-bond donors (Lipinski definition) is 2. The van der Waals surface area contributed by atoms with Crippen molar-refractivity contribution in [3.05, 3.63) is 0 Å². The van der Waals surface area contributed by atoms with Gasteiger partial charge in [-0.05, 0) is 105 Å². The number of rotatable bonds is 2. The first-order valence-electron chi connectivity index (χ1n) is 14.9. The monoisotopic (exact) mass is 502 g/mol. The predicted octanol–water partition coefficient (Wildman–Crippen LogP) is 5.31. The van der Waals surface area contributed by atoms with Crippen LogP contribution in [0.15, 0.2) is 0 Å². The highest BCUT2D eigenvalue weighted by atomic mass is 16.8. The SMILES string of the molecule is COC1C23OC(CC(C)[C@@H]2[C@@]2(C)CC[C@@]45C[C@@]46CC[C@H](O)C(C)(C)C6CCC5C12C)[C@@H](C(C)(C)O)O3. The van der Waals surface area contributed by atoms with E-state index in [1.165, 1.54) is 38.5 Å². The normalized spacial score (nSPS) is 62.5. The Morgan fingerprint density at radius 2 is 1.58 bits per heavy atom. The summed E-state index contributed by atoms with van der Waals surface area (Å²) < 4.78 is 20.6. The highest BCUT2D eigenvalue weighted by Crippen LogP contribution is 2.90. The highest BCUT2D eigenvalue weighted by molar-refractivity contribution is 5.34. The molecule has 5 saturated carbocycles. The minimum absolute atomic E-state index is 0.00325. The molecular weight excluding hydrogens is 452 g/mol. The first kappa shape index (κ1) is 24.8. The third kappa shape index (κ3) is 2.37. The van der Waals surface area contributed by atoms with Gasteiger partial charge in [-0.25, -0.2) is 0 Å². The van der Waals surface area contributed by atoms with Crippen molar-refractivity contribution < 1.29 is 24.4 Å². The standard InChI is InChI=1S/C31H50O5/c1-17-15-18-23(26(4,5)33)36-31(35-18)22(17)27(6)13-14-30-16-29(30)12-11-21(32)25(2,3)19(29)9-10-20(30)28(27,7)24(31)34-8/h17-24,32-33H,9-16H2,1-8H3/t17?,18?,19?,20?,21-,22+,23-,24?,27+,28?,29+,30-,31?/m0/s1. The molecule has 7 aliphatic rings. The molecule has 0 aromatic carbocycles. The van der Waals surface area contributed by atoms with Gasteiger partial charge in [-0.3, -0.25) is 0 Å². The van der Waals surface area contributed by atoms with Gasteiger partial charge in [0.05, 0.1) is 17.8 Å². The molecule has 2 saturated heterocycles. The zero-order valence-electron chi connectivity index (χ0n) is 23.9. The molecule has 36 heavy (non-hydrogen) atoms. The third-order valence-electron chi connectivity index (χ3n) is 14.4. The van der Waals surface area contributed by atoms with Crippen LogP contribution in [0.5, 0.6) is 0 Å². The van der Waals surface area contributed by atoms with E-state index in [1.807, 2.05) is 21.0 Å². The average molecular weight is 503 g/mol. The van der Waals surface area contributed by atoms with Crippen molar-refractivity contribution in [2.45, 2.75) is 136 Å². The molecular formula is C31H50O5. The molecule has 7 rings (SSSR count). The van der Waals surface area contributed by atoms with Gasteiger partial charge in [0.15, 0.2) is 5.79 Å². The maximum Gasteiger partial charge on any atom is 0.199 e. The highest BCUT2D eigenvalue weighted by Gasteiger charge is 2.88. The van der Waals surface area contributed by atoms with Gasteiger partial charge in [0.2, 0.25) is 0 Å². The Kier molecular flexibility index (Phi) is 4.65. The fourth-order valence-electron chi connectivity index (χ4n) is 13.1. The van der Waals surface area contributed by atoms with Crippen LogP contribution in [0.1, 0.15) is 99.8 Å². The molecule has 2 heterocycles. The van der Waals surface area contributed by atoms with E-state index in [2.05, 4.69) is 34.6 Å². The largest absolute Gasteiger partial charge is 0.393 e. The lowest BCUT2D eigenvalue weighted by Crippen LogP contribution is -2.60. The summed E-state index contributed by atoms with van der Waals surface area (Å²) in [5.41, 5.74) is -0.214. The topological polar surface area (TPSA) is 68.2 Å². The molecule has 3 spiro atoms. The lowest BCUT2D eigenvalue weighted by molar-refractivity contribution is -0.287. The second-order valence-corrected chi connectivity index (χ2v) is 16.1. The number of aliphatic hydroxyl groups excluding tert-OH is 1. The van der Waals surface area contributed by atoms with Crippen molar-refractivity contribution in [2.75, 3.05) is 7.11 Å². The minimum Gasteiger partial charge on any atom is -0.393 e. The molecule has 2 aliphatic heterocycles. The van der Waals surface area contributed by atoms with Crippen molar-refractivity contribution in [1.29, 1.82) is 0 Å². The molecule has 0 amide bonds. The number of aliphatic hydroxyl groups is 2. The molecule has 0 radical (unpaired) electrons. The minimum atomic E-state index is -0.953.